The van der Waals surface area contributed by atoms with Gasteiger partial charge in [-0.3, -0.25) is 0 Å². The van der Waals surface area contributed by atoms with Gasteiger partial charge in [-0.25, -0.2) is 8.78 Å². The third kappa shape index (κ3) is 2.77. The first kappa shape index (κ1) is 12.4. The second-order valence-electron chi connectivity index (χ2n) is 4.05. The third-order valence-corrected chi connectivity index (χ3v) is 2.65. The predicted molar refractivity (Wildman–Crippen MR) is 66.3 cm³/mol. The zero-order chi connectivity index (χ0) is 13.1. The lowest BCUT2D eigenvalue weighted by atomic mass is 10.1. The van der Waals surface area contributed by atoms with Gasteiger partial charge in [-0.05, 0) is 42.3 Å². The van der Waals surface area contributed by atoms with Crippen molar-refractivity contribution in [2.45, 2.75) is 13.5 Å². The molecule has 2 rings (SSSR count). The van der Waals surface area contributed by atoms with Crippen molar-refractivity contribution in [3.8, 4) is 5.75 Å². The second kappa shape index (κ2) is 5.04. The summed E-state index contributed by atoms with van der Waals surface area (Å²) in [6, 6.07) is 8.62. The molecule has 4 heteroatoms. The number of anilines is 1. The van der Waals surface area contributed by atoms with Crippen molar-refractivity contribution in [1.82, 2.24) is 0 Å². The summed E-state index contributed by atoms with van der Waals surface area (Å²) >= 11 is 0. The molecule has 0 bridgehead atoms. The van der Waals surface area contributed by atoms with Crippen molar-refractivity contribution >= 4 is 5.69 Å². The van der Waals surface area contributed by atoms with Crippen LogP contribution in [0.3, 0.4) is 0 Å². The van der Waals surface area contributed by atoms with Gasteiger partial charge < -0.3 is 10.5 Å². The Morgan fingerprint density at radius 1 is 1.11 bits per heavy atom. The Kier molecular flexibility index (Phi) is 3.46. The maximum absolute atomic E-state index is 13.5. The van der Waals surface area contributed by atoms with Gasteiger partial charge in [0.2, 0.25) is 0 Å². The van der Waals surface area contributed by atoms with Gasteiger partial charge in [0.15, 0.2) is 11.6 Å². The molecular formula is C14H13F2NO. The van der Waals surface area contributed by atoms with Crippen LogP contribution in [0.25, 0.3) is 0 Å². The van der Waals surface area contributed by atoms with E-state index in [0.717, 1.165) is 5.56 Å². The molecule has 0 aliphatic rings. The third-order valence-electron chi connectivity index (χ3n) is 2.65. The summed E-state index contributed by atoms with van der Waals surface area (Å²) in [6.07, 6.45) is 0. The quantitative estimate of drug-likeness (QED) is 0.846. The van der Waals surface area contributed by atoms with Crippen LogP contribution >= 0.6 is 0 Å². The van der Waals surface area contributed by atoms with E-state index in [1.807, 2.05) is 6.92 Å². The van der Waals surface area contributed by atoms with Crippen LogP contribution in [0.15, 0.2) is 36.4 Å². The van der Waals surface area contributed by atoms with Gasteiger partial charge >= 0.3 is 0 Å². The second-order valence-corrected chi connectivity index (χ2v) is 4.05. The topological polar surface area (TPSA) is 35.2 Å². The van der Waals surface area contributed by atoms with Crippen molar-refractivity contribution in [2.75, 3.05) is 5.73 Å². The number of benzene rings is 2. The summed E-state index contributed by atoms with van der Waals surface area (Å²) in [5.74, 6) is -0.756. The fourth-order valence-electron chi connectivity index (χ4n) is 1.59. The van der Waals surface area contributed by atoms with Crippen LogP contribution in [0, 0.1) is 18.6 Å². The van der Waals surface area contributed by atoms with Crippen LogP contribution in [0.4, 0.5) is 14.5 Å². The summed E-state index contributed by atoms with van der Waals surface area (Å²) in [6.45, 7) is 1.96. The number of ether oxygens (including phenoxy) is 1. The summed E-state index contributed by atoms with van der Waals surface area (Å²) in [5.41, 5.74) is 7.35. The molecule has 0 fully saturated rings. The van der Waals surface area contributed by atoms with Crippen molar-refractivity contribution in [1.29, 1.82) is 0 Å². The number of nitrogen functional groups attached to an aromatic ring is 1. The largest absolute Gasteiger partial charge is 0.486 e. The van der Waals surface area contributed by atoms with Crippen molar-refractivity contribution in [3.05, 3.63) is 59.2 Å². The summed E-state index contributed by atoms with van der Waals surface area (Å²) in [7, 11) is 0. The van der Waals surface area contributed by atoms with E-state index >= 15 is 0 Å². The Morgan fingerprint density at radius 3 is 2.61 bits per heavy atom. The highest BCUT2D eigenvalue weighted by Crippen LogP contribution is 2.21. The molecule has 0 unspecified atom stereocenters. The smallest absolute Gasteiger partial charge is 0.167 e. The van der Waals surface area contributed by atoms with Gasteiger partial charge in [0, 0.05) is 11.8 Å². The normalized spacial score (nSPS) is 10.4. The molecule has 94 valence electrons. The minimum atomic E-state index is -0.524. The van der Waals surface area contributed by atoms with Gasteiger partial charge in [0.1, 0.15) is 12.4 Å². The fraction of sp³-hybridized carbons (Fsp3) is 0.143. The van der Waals surface area contributed by atoms with E-state index in [2.05, 4.69) is 0 Å². The van der Waals surface area contributed by atoms with Crippen LogP contribution in [0.2, 0.25) is 0 Å². The number of hydrogen-bond acceptors (Lipinski definition) is 2. The highest BCUT2D eigenvalue weighted by atomic mass is 19.1. The van der Waals surface area contributed by atoms with Crippen LogP contribution in [0.1, 0.15) is 11.1 Å². The van der Waals surface area contributed by atoms with Crippen LogP contribution < -0.4 is 10.5 Å². The van der Waals surface area contributed by atoms with E-state index in [9.17, 15) is 8.78 Å². The molecule has 2 nitrogen and oxygen atoms in total. The predicted octanol–water partition coefficient (Wildman–Crippen LogP) is 3.43. The van der Waals surface area contributed by atoms with E-state index in [1.165, 1.54) is 24.3 Å². The Labute approximate surface area is 104 Å². The van der Waals surface area contributed by atoms with Gasteiger partial charge in [-0.2, -0.15) is 0 Å². The molecule has 0 saturated heterocycles. The molecule has 0 heterocycles. The first-order chi connectivity index (χ1) is 8.56. The van der Waals surface area contributed by atoms with Gasteiger partial charge in [0.05, 0.1) is 0 Å². The Morgan fingerprint density at radius 2 is 1.89 bits per heavy atom. The van der Waals surface area contributed by atoms with Gasteiger partial charge in [-0.1, -0.05) is 6.07 Å². The zero-order valence-corrected chi connectivity index (χ0v) is 9.91. The Hall–Kier alpha value is -2.10. The van der Waals surface area contributed by atoms with Crippen LogP contribution in [0.5, 0.6) is 5.75 Å². The average Bonchev–Trinajstić information content (AvgIpc) is 2.32. The highest BCUT2D eigenvalue weighted by molar-refractivity contribution is 5.43. The molecule has 2 N–H and O–H groups in total. The first-order valence-electron chi connectivity index (χ1n) is 5.49. The average molecular weight is 249 g/mol. The molecule has 0 saturated carbocycles. The molecule has 0 aromatic heterocycles. The molecule has 0 atom stereocenters. The standard InChI is InChI=1S/C14H13F2NO/c1-9-2-3-11(15)6-10(9)8-18-14-5-4-12(17)7-13(14)16/h2-7H,8,17H2,1H3. The number of aryl methyl sites for hydroxylation is 1. The van der Waals surface area contributed by atoms with E-state index in [0.29, 0.717) is 11.3 Å². The van der Waals surface area contributed by atoms with E-state index < -0.39 is 5.82 Å². The number of nitrogens with two attached hydrogens (primary N) is 1. The molecule has 0 radical (unpaired) electrons. The van der Waals surface area contributed by atoms with Crippen LogP contribution in [-0.4, -0.2) is 0 Å². The van der Waals surface area contributed by atoms with Crippen molar-refractivity contribution in [3.63, 3.8) is 0 Å². The minimum absolute atomic E-state index is 0.105. The van der Waals surface area contributed by atoms with Gasteiger partial charge in [-0.15, -0.1) is 0 Å². The SMILES string of the molecule is Cc1ccc(F)cc1COc1ccc(N)cc1F. The van der Waals surface area contributed by atoms with E-state index in [1.54, 1.807) is 12.1 Å². The molecule has 18 heavy (non-hydrogen) atoms. The van der Waals surface area contributed by atoms with Crippen molar-refractivity contribution < 1.29 is 13.5 Å². The number of hydrogen-bond donors (Lipinski definition) is 1. The molecule has 0 spiro atoms. The molecular weight excluding hydrogens is 236 g/mol. The minimum Gasteiger partial charge on any atom is -0.486 e. The van der Waals surface area contributed by atoms with E-state index in [4.69, 9.17) is 10.5 Å². The molecule has 0 aliphatic heterocycles. The summed E-state index contributed by atoms with van der Waals surface area (Å²) in [4.78, 5) is 0. The highest BCUT2D eigenvalue weighted by Gasteiger charge is 2.06. The van der Waals surface area contributed by atoms with Crippen molar-refractivity contribution in [2.24, 2.45) is 0 Å². The fourth-order valence-corrected chi connectivity index (χ4v) is 1.59. The number of rotatable bonds is 3. The lowest BCUT2D eigenvalue weighted by molar-refractivity contribution is 0.289. The summed E-state index contributed by atoms with van der Waals surface area (Å²) < 4.78 is 31.8. The Balaban J connectivity index is 2.13. The molecule has 0 amide bonds. The Bertz CT molecular complexity index is 570. The lowest BCUT2D eigenvalue weighted by Crippen LogP contribution is -2.00. The monoisotopic (exact) mass is 249 g/mol. The summed E-state index contributed by atoms with van der Waals surface area (Å²) in [5, 5.41) is 0. The molecule has 0 aliphatic carbocycles. The van der Waals surface area contributed by atoms with Crippen LogP contribution in [-0.2, 0) is 6.61 Å². The van der Waals surface area contributed by atoms with E-state index in [-0.39, 0.29) is 18.2 Å². The molecule has 2 aromatic carbocycles. The zero-order valence-electron chi connectivity index (χ0n) is 9.91. The maximum atomic E-state index is 13.5. The van der Waals surface area contributed by atoms with Gasteiger partial charge in [0.25, 0.3) is 0 Å². The lowest BCUT2D eigenvalue weighted by Gasteiger charge is -2.10. The first-order valence-corrected chi connectivity index (χ1v) is 5.49. The number of halogens is 2. The maximum Gasteiger partial charge on any atom is 0.167 e. The molecule has 2 aromatic rings.